The standard InChI is InChI=1S/C18H15NOSi/c1-21(2)17-11-10-15-13-7-4-3-6-12(13)14-8-5-9-16(20-21)18(14)19(15)17/h3-11H,1-2H3. The average Bonchev–Trinajstić information content (AvgIpc) is 2.93. The van der Waals surface area contributed by atoms with E-state index >= 15 is 0 Å². The molecule has 0 amide bonds. The van der Waals surface area contributed by atoms with Gasteiger partial charge in [0.2, 0.25) is 0 Å². The minimum absolute atomic E-state index is 1.03. The van der Waals surface area contributed by atoms with E-state index in [-0.39, 0.29) is 0 Å². The lowest BCUT2D eigenvalue weighted by atomic mass is 10.0. The van der Waals surface area contributed by atoms with Crippen LogP contribution in [0.3, 0.4) is 0 Å². The third-order valence-corrected chi connectivity index (χ3v) is 6.93. The highest BCUT2D eigenvalue weighted by atomic mass is 28.4. The average molecular weight is 289 g/mol. The van der Waals surface area contributed by atoms with Gasteiger partial charge in [-0.05, 0) is 36.7 Å². The van der Waals surface area contributed by atoms with Crippen LogP contribution < -0.4 is 9.74 Å². The molecule has 0 fully saturated rings. The molecule has 5 rings (SSSR count). The van der Waals surface area contributed by atoms with Crippen LogP contribution in [0.4, 0.5) is 0 Å². The number of aromatic nitrogens is 1. The summed E-state index contributed by atoms with van der Waals surface area (Å²) in [7, 11) is -1.89. The van der Waals surface area contributed by atoms with Crippen molar-refractivity contribution in [3.63, 3.8) is 0 Å². The summed E-state index contributed by atoms with van der Waals surface area (Å²) in [5, 5.41) is 5.25. The zero-order valence-electron chi connectivity index (χ0n) is 12.1. The number of para-hydroxylation sites is 1. The van der Waals surface area contributed by atoms with E-state index in [0.29, 0.717) is 0 Å². The first-order valence-electron chi connectivity index (χ1n) is 7.31. The molecule has 0 spiro atoms. The van der Waals surface area contributed by atoms with Gasteiger partial charge in [0.25, 0.3) is 8.32 Å². The Balaban J connectivity index is 2.21. The number of hydrogen-bond acceptors (Lipinski definition) is 1. The molecule has 3 heteroatoms. The number of nitrogens with zero attached hydrogens (tertiary/aromatic N) is 1. The Hall–Kier alpha value is -2.26. The summed E-state index contributed by atoms with van der Waals surface area (Å²) in [5.74, 6) is 1.03. The van der Waals surface area contributed by atoms with E-state index in [1.54, 1.807) is 0 Å². The molecule has 102 valence electrons. The zero-order chi connectivity index (χ0) is 14.2. The molecule has 2 aromatic heterocycles. The van der Waals surface area contributed by atoms with Gasteiger partial charge < -0.3 is 8.83 Å². The van der Waals surface area contributed by atoms with E-state index in [4.69, 9.17) is 4.43 Å². The van der Waals surface area contributed by atoms with Gasteiger partial charge in [0, 0.05) is 10.8 Å². The summed E-state index contributed by atoms with van der Waals surface area (Å²) >= 11 is 0. The predicted octanol–water partition coefficient (Wildman–Crippen LogP) is 4.05. The smallest absolute Gasteiger partial charge is 0.293 e. The first kappa shape index (κ1) is 11.4. The van der Waals surface area contributed by atoms with Crippen molar-refractivity contribution >= 4 is 40.8 Å². The molecule has 2 aromatic carbocycles. The van der Waals surface area contributed by atoms with Gasteiger partial charge in [-0.25, -0.2) is 0 Å². The minimum Gasteiger partial charge on any atom is -0.537 e. The van der Waals surface area contributed by atoms with Gasteiger partial charge >= 0.3 is 0 Å². The molecule has 1 aliphatic heterocycles. The third kappa shape index (κ3) is 1.27. The highest BCUT2D eigenvalue weighted by molar-refractivity contribution is 6.85. The molecule has 0 atom stereocenters. The Morgan fingerprint density at radius 1 is 0.810 bits per heavy atom. The van der Waals surface area contributed by atoms with Crippen LogP contribution in [0.15, 0.2) is 54.6 Å². The fourth-order valence-electron chi connectivity index (χ4n) is 3.68. The van der Waals surface area contributed by atoms with E-state index in [1.165, 1.54) is 32.5 Å². The molecule has 2 nitrogen and oxygen atoms in total. The Morgan fingerprint density at radius 3 is 2.43 bits per heavy atom. The SMILES string of the molecule is C[Si]1(C)Oc2cccc3c4ccccc4c4ccc1n4c23. The Labute approximate surface area is 123 Å². The molecule has 0 saturated heterocycles. The molecule has 0 aliphatic carbocycles. The number of pyridine rings is 1. The van der Waals surface area contributed by atoms with Crippen molar-refractivity contribution in [1.29, 1.82) is 0 Å². The quantitative estimate of drug-likeness (QED) is 0.352. The van der Waals surface area contributed by atoms with E-state index in [9.17, 15) is 0 Å². The molecule has 1 aliphatic rings. The van der Waals surface area contributed by atoms with E-state index in [0.717, 1.165) is 5.75 Å². The van der Waals surface area contributed by atoms with Gasteiger partial charge in [-0.1, -0.05) is 36.4 Å². The van der Waals surface area contributed by atoms with Crippen LogP contribution in [0, 0.1) is 0 Å². The largest absolute Gasteiger partial charge is 0.537 e. The van der Waals surface area contributed by atoms with Crippen molar-refractivity contribution in [2.45, 2.75) is 13.1 Å². The summed E-state index contributed by atoms with van der Waals surface area (Å²) in [6, 6.07) is 19.6. The van der Waals surface area contributed by atoms with Crippen molar-refractivity contribution in [2.24, 2.45) is 0 Å². The molecule has 21 heavy (non-hydrogen) atoms. The van der Waals surface area contributed by atoms with Crippen LogP contribution in [0.25, 0.3) is 27.2 Å². The summed E-state index contributed by atoms with van der Waals surface area (Å²) in [6.45, 7) is 4.54. The molecule has 3 heterocycles. The van der Waals surface area contributed by atoms with Crippen LogP contribution in [-0.4, -0.2) is 12.7 Å². The van der Waals surface area contributed by atoms with Crippen molar-refractivity contribution in [3.05, 3.63) is 54.6 Å². The lowest BCUT2D eigenvalue weighted by molar-refractivity contribution is 0.561. The van der Waals surface area contributed by atoms with Gasteiger partial charge in [0.1, 0.15) is 5.75 Å². The Bertz CT molecular complexity index is 1050. The number of fused-ring (bicyclic) bond motifs is 3. The summed E-state index contributed by atoms with van der Waals surface area (Å²) < 4.78 is 8.84. The van der Waals surface area contributed by atoms with Crippen LogP contribution in [0.1, 0.15) is 0 Å². The topological polar surface area (TPSA) is 13.6 Å². The first-order valence-corrected chi connectivity index (χ1v) is 10.2. The van der Waals surface area contributed by atoms with Crippen molar-refractivity contribution in [1.82, 2.24) is 4.40 Å². The second kappa shape index (κ2) is 3.49. The second-order valence-electron chi connectivity index (χ2n) is 6.25. The lowest BCUT2D eigenvalue weighted by Gasteiger charge is -2.31. The minimum atomic E-state index is -1.89. The number of rotatable bonds is 0. The Kier molecular flexibility index (Phi) is 1.89. The molecule has 0 radical (unpaired) electrons. The molecule has 0 N–H and O–H groups in total. The monoisotopic (exact) mass is 289 g/mol. The number of hydrogen-bond donors (Lipinski definition) is 0. The maximum absolute atomic E-state index is 6.41. The summed E-state index contributed by atoms with van der Waals surface area (Å²) in [6.07, 6.45) is 0. The molecule has 0 bridgehead atoms. The molecule has 0 saturated carbocycles. The van der Waals surface area contributed by atoms with Gasteiger partial charge in [0.15, 0.2) is 0 Å². The summed E-state index contributed by atoms with van der Waals surface area (Å²) in [5.41, 5.74) is 2.52. The second-order valence-corrected chi connectivity index (χ2v) is 9.99. The van der Waals surface area contributed by atoms with Gasteiger partial charge in [-0.2, -0.15) is 0 Å². The first-order chi connectivity index (χ1) is 10.2. The van der Waals surface area contributed by atoms with E-state index < -0.39 is 8.32 Å². The Morgan fingerprint density at radius 2 is 1.57 bits per heavy atom. The fourth-order valence-corrected chi connectivity index (χ4v) is 5.75. The van der Waals surface area contributed by atoms with Gasteiger partial charge in [-0.15, -0.1) is 0 Å². The van der Waals surface area contributed by atoms with Gasteiger partial charge in [-0.3, -0.25) is 0 Å². The zero-order valence-corrected chi connectivity index (χ0v) is 13.1. The molecule has 0 unspecified atom stereocenters. The third-order valence-electron chi connectivity index (χ3n) is 4.58. The number of benzene rings is 2. The molecular formula is C18H15NOSi. The normalized spacial score (nSPS) is 15.9. The van der Waals surface area contributed by atoms with E-state index in [1.807, 2.05) is 0 Å². The highest BCUT2D eigenvalue weighted by Gasteiger charge is 2.35. The maximum atomic E-state index is 6.41. The fraction of sp³-hybridized carbons (Fsp3) is 0.111. The van der Waals surface area contributed by atoms with Crippen molar-refractivity contribution < 1.29 is 4.43 Å². The van der Waals surface area contributed by atoms with Crippen LogP contribution in [-0.2, 0) is 0 Å². The van der Waals surface area contributed by atoms with E-state index in [2.05, 4.69) is 72.1 Å². The summed E-state index contributed by atoms with van der Waals surface area (Å²) in [4.78, 5) is 0. The van der Waals surface area contributed by atoms with Gasteiger partial charge in [0.05, 0.1) is 16.4 Å². The molecular weight excluding hydrogens is 274 g/mol. The van der Waals surface area contributed by atoms with Crippen molar-refractivity contribution in [2.75, 3.05) is 0 Å². The van der Waals surface area contributed by atoms with Crippen LogP contribution in [0.5, 0.6) is 5.75 Å². The van der Waals surface area contributed by atoms with Crippen LogP contribution >= 0.6 is 0 Å². The lowest BCUT2D eigenvalue weighted by Crippen LogP contribution is -2.52. The predicted molar refractivity (Wildman–Crippen MR) is 90.2 cm³/mol. The van der Waals surface area contributed by atoms with Crippen molar-refractivity contribution in [3.8, 4) is 5.75 Å². The maximum Gasteiger partial charge on any atom is 0.293 e. The van der Waals surface area contributed by atoms with Crippen LogP contribution in [0.2, 0.25) is 13.1 Å². The highest BCUT2D eigenvalue weighted by Crippen LogP contribution is 2.37. The molecule has 4 aromatic rings.